The Morgan fingerprint density at radius 1 is 1.77 bits per heavy atom. The van der Waals surface area contributed by atoms with E-state index in [1.807, 2.05) is 5.38 Å². The van der Waals surface area contributed by atoms with E-state index in [-0.39, 0.29) is 12.6 Å². The molecule has 0 aromatic carbocycles. The predicted molar refractivity (Wildman–Crippen MR) is 55.8 cm³/mol. The van der Waals surface area contributed by atoms with Gasteiger partial charge in [-0.1, -0.05) is 5.92 Å². The summed E-state index contributed by atoms with van der Waals surface area (Å²) < 4.78 is 5.75. The molecule has 4 heteroatoms. The molecule has 0 aliphatic heterocycles. The second-order valence-electron chi connectivity index (χ2n) is 2.13. The van der Waals surface area contributed by atoms with Crippen molar-refractivity contribution in [3.63, 3.8) is 0 Å². The fourth-order valence-corrected chi connectivity index (χ4v) is 1.98. The van der Waals surface area contributed by atoms with Crippen molar-refractivity contribution in [1.29, 1.82) is 0 Å². The van der Waals surface area contributed by atoms with Gasteiger partial charge < -0.3 is 4.74 Å². The van der Waals surface area contributed by atoms with Crippen LogP contribution in [-0.2, 0) is 4.74 Å². The maximum atomic E-state index is 11.2. The van der Waals surface area contributed by atoms with Gasteiger partial charge >= 0.3 is 5.97 Å². The lowest BCUT2D eigenvalue weighted by atomic mass is 10.5. The van der Waals surface area contributed by atoms with Crippen LogP contribution in [0.3, 0.4) is 0 Å². The molecule has 0 atom stereocenters. The minimum Gasteiger partial charge on any atom is -0.448 e. The lowest BCUT2D eigenvalue weighted by molar-refractivity contribution is 0.0562. The molecule has 1 aromatic heterocycles. The standard InChI is InChI=1S/C9H7BrO2S/c1-2-3-4-12-9(11)8-5-7(10)6-13-8/h5-6H,4H2,1H3. The van der Waals surface area contributed by atoms with Crippen LogP contribution in [0.5, 0.6) is 0 Å². The summed E-state index contributed by atoms with van der Waals surface area (Å²) in [6, 6.07) is 1.73. The quantitative estimate of drug-likeness (QED) is 0.603. The van der Waals surface area contributed by atoms with Gasteiger partial charge in [0.25, 0.3) is 0 Å². The Morgan fingerprint density at radius 2 is 2.54 bits per heavy atom. The fraction of sp³-hybridized carbons (Fsp3) is 0.222. The maximum absolute atomic E-state index is 11.2. The zero-order chi connectivity index (χ0) is 9.68. The van der Waals surface area contributed by atoms with Gasteiger partial charge in [-0.3, -0.25) is 0 Å². The summed E-state index contributed by atoms with van der Waals surface area (Å²) in [4.78, 5) is 11.8. The lowest BCUT2D eigenvalue weighted by Crippen LogP contribution is -2.02. The summed E-state index contributed by atoms with van der Waals surface area (Å²) in [5.41, 5.74) is 0. The highest BCUT2D eigenvalue weighted by atomic mass is 79.9. The van der Waals surface area contributed by atoms with Crippen molar-refractivity contribution < 1.29 is 9.53 Å². The number of hydrogen-bond donors (Lipinski definition) is 0. The van der Waals surface area contributed by atoms with E-state index in [0.29, 0.717) is 4.88 Å². The predicted octanol–water partition coefficient (Wildman–Crippen LogP) is 2.69. The summed E-state index contributed by atoms with van der Waals surface area (Å²) in [6.07, 6.45) is 0. The minimum absolute atomic E-state index is 0.158. The first-order chi connectivity index (χ1) is 6.24. The summed E-state index contributed by atoms with van der Waals surface area (Å²) in [5.74, 6) is 4.98. The van der Waals surface area contributed by atoms with Crippen LogP contribution < -0.4 is 0 Å². The normalized spacial score (nSPS) is 8.77. The van der Waals surface area contributed by atoms with Crippen molar-refractivity contribution in [1.82, 2.24) is 0 Å². The van der Waals surface area contributed by atoms with Crippen molar-refractivity contribution in [2.45, 2.75) is 6.92 Å². The number of carbonyl (C=O) groups is 1. The smallest absolute Gasteiger partial charge is 0.349 e. The van der Waals surface area contributed by atoms with Crippen LogP contribution in [0.2, 0.25) is 0 Å². The zero-order valence-corrected chi connectivity index (χ0v) is 9.37. The summed E-state index contributed by atoms with van der Waals surface area (Å²) in [7, 11) is 0. The van der Waals surface area contributed by atoms with Gasteiger partial charge in [0.1, 0.15) is 4.88 Å². The molecule has 0 aliphatic carbocycles. The highest BCUT2D eigenvalue weighted by Gasteiger charge is 2.08. The molecule has 1 aromatic rings. The molecule has 0 radical (unpaired) electrons. The minimum atomic E-state index is -0.321. The third-order valence-corrected chi connectivity index (χ3v) is 2.89. The highest BCUT2D eigenvalue weighted by molar-refractivity contribution is 9.10. The average Bonchev–Trinajstić information content (AvgIpc) is 2.52. The molecule has 2 nitrogen and oxygen atoms in total. The molecule has 1 rings (SSSR count). The van der Waals surface area contributed by atoms with Gasteiger partial charge in [-0.05, 0) is 28.9 Å². The molecule has 0 saturated carbocycles. The third-order valence-electron chi connectivity index (χ3n) is 1.22. The zero-order valence-electron chi connectivity index (χ0n) is 6.96. The SMILES string of the molecule is CC#CCOC(=O)c1cc(Br)cs1. The number of rotatable bonds is 2. The summed E-state index contributed by atoms with van der Waals surface area (Å²) >= 11 is 4.60. The second kappa shape index (κ2) is 5.05. The van der Waals surface area contributed by atoms with Gasteiger partial charge in [-0.15, -0.1) is 17.3 Å². The van der Waals surface area contributed by atoms with Gasteiger partial charge in [0, 0.05) is 9.85 Å². The van der Waals surface area contributed by atoms with E-state index in [4.69, 9.17) is 4.74 Å². The van der Waals surface area contributed by atoms with Crippen molar-refractivity contribution in [3.05, 3.63) is 20.8 Å². The number of halogens is 1. The van der Waals surface area contributed by atoms with E-state index in [9.17, 15) is 4.79 Å². The van der Waals surface area contributed by atoms with Gasteiger partial charge in [-0.2, -0.15) is 0 Å². The molecular formula is C9H7BrO2S. The maximum Gasteiger partial charge on any atom is 0.349 e. The lowest BCUT2D eigenvalue weighted by Gasteiger charge is -1.95. The van der Waals surface area contributed by atoms with Crippen LogP contribution in [0.25, 0.3) is 0 Å². The third kappa shape index (κ3) is 3.21. The monoisotopic (exact) mass is 258 g/mol. The van der Waals surface area contributed by atoms with E-state index >= 15 is 0 Å². The van der Waals surface area contributed by atoms with Crippen LogP contribution in [0.1, 0.15) is 16.6 Å². The number of hydrogen-bond acceptors (Lipinski definition) is 3. The molecule has 13 heavy (non-hydrogen) atoms. The number of thiophene rings is 1. The van der Waals surface area contributed by atoms with Gasteiger partial charge in [0.15, 0.2) is 6.61 Å². The molecule has 0 N–H and O–H groups in total. The van der Waals surface area contributed by atoms with Gasteiger partial charge in [-0.25, -0.2) is 4.79 Å². The van der Waals surface area contributed by atoms with Crippen molar-refractivity contribution in [2.75, 3.05) is 6.61 Å². The Labute approximate surface area is 89.0 Å². The first kappa shape index (κ1) is 10.3. The van der Waals surface area contributed by atoms with Gasteiger partial charge in [0.2, 0.25) is 0 Å². The molecule has 0 bridgehead atoms. The topological polar surface area (TPSA) is 26.3 Å². The first-order valence-corrected chi connectivity index (χ1v) is 5.22. The Hall–Kier alpha value is -0.790. The van der Waals surface area contributed by atoms with Crippen LogP contribution in [-0.4, -0.2) is 12.6 Å². The summed E-state index contributed by atoms with van der Waals surface area (Å²) in [5, 5.41) is 1.84. The summed E-state index contributed by atoms with van der Waals surface area (Å²) in [6.45, 7) is 1.86. The second-order valence-corrected chi connectivity index (χ2v) is 3.96. The van der Waals surface area contributed by atoms with Crippen molar-refractivity contribution >= 4 is 33.2 Å². The van der Waals surface area contributed by atoms with Crippen molar-refractivity contribution in [3.8, 4) is 11.8 Å². The molecule has 1 heterocycles. The van der Waals surface area contributed by atoms with Crippen LogP contribution >= 0.6 is 27.3 Å². The van der Waals surface area contributed by atoms with Crippen LogP contribution in [0, 0.1) is 11.8 Å². The van der Waals surface area contributed by atoms with E-state index in [1.54, 1.807) is 13.0 Å². The molecule has 0 unspecified atom stereocenters. The van der Waals surface area contributed by atoms with E-state index in [0.717, 1.165) is 4.47 Å². The molecule has 0 spiro atoms. The Morgan fingerprint density at radius 3 is 3.08 bits per heavy atom. The number of esters is 1. The molecule has 0 amide bonds. The number of carbonyl (C=O) groups excluding carboxylic acids is 1. The Balaban J connectivity index is 2.52. The molecular weight excluding hydrogens is 252 g/mol. The molecule has 68 valence electrons. The number of ether oxygens (including phenoxy) is 1. The molecule has 0 aliphatic rings. The molecule has 0 fully saturated rings. The average molecular weight is 259 g/mol. The van der Waals surface area contributed by atoms with E-state index in [1.165, 1.54) is 11.3 Å². The fourth-order valence-electron chi connectivity index (χ4n) is 0.665. The Bertz CT molecular complexity index is 359. The van der Waals surface area contributed by atoms with Crippen LogP contribution in [0.4, 0.5) is 0 Å². The largest absolute Gasteiger partial charge is 0.448 e. The van der Waals surface area contributed by atoms with E-state index in [2.05, 4.69) is 27.8 Å². The Kier molecular flexibility index (Phi) is 4.00. The van der Waals surface area contributed by atoms with E-state index < -0.39 is 0 Å². The molecule has 0 saturated heterocycles. The van der Waals surface area contributed by atoms with Crippen molar-refractivity contribution in [2.24, 2.45) is 0 Å². The van der Waals surface area contributed by atoms with Crippen LogP contribution in [0.15, 0.2) is 15.9 Å². The highest BCUT2D eigenvalue weighted by Crippen LogP contribution is 2.20. The van der Waals surface area contributed by atoms with Gasteiger partial charge in [0.05, 0.1) is 0 Å². The first-order valence-electron chi connectivity index (χ1n) is 3.55.